The molecule has 138 valence electrons. The fraction of sp³-hybridized carbons (Fsp3) is 0.318. The maximum absolute atomic E-state index is 12.9. The number of anilines is 1. The van der Waals surface area contributed by atoms with Crippen molar-refractivity contribution in [2.24, 2.45) is 0 Å². The molecule has 1 aliphatic heterocycles. The van der Waals surface area contributed by atoms with E-state index in [1.54, 1.807) is 6.33 Å². The van der Waals surface area contributed by atoms with Crippen LogP contribution in [0.2, 0.25) is 0 Å². The summed E-state index contributed by atoms with van der Waals surface area (Å²) < 4.78 is 0. The molecule has 3 aromatic rings. The molecule has 1 aliphatic rings. The van der Waals surface area contributed by atoms with Crippen LogP contribution in [0.15, 0.2) is 54.9 Å². The Labute approximate surface area is 159 Å². The van der Waals surface area contributed by atoms with E-state index in [-0.39, 0.29) is 11.9 Å². The molecule has 1 unspecified atom stereocenters. The predicted molar refractivity (Wildman–Crippen MR) is 108 cm³/mol. The molecule has 1 fully saturated rings. The summed E-state index contributed by atoms with van der Waals surface area (Å²) in [5.74, 6) is 0.924. The highest BCUT2D eigenvalue weighted by molar-refractivity contribution is 5.93. The first-order chi connectivity index (χ1) is 13.3. The number of amides is 1. The molecule has 0 bridgehead atoms. The number of carbonyl (C=O) groups excluding carboxylic acids is 1. The zero-order valence-electron chi connectivity index (χ0n) is 15.6. The second-order valence-electron chi connectivity index (χ2n) is 6.91. The number of hydrogen-bond acceptors (Lipinski definition) is 4. The lowest BCUT2D eigenvalue weighted by Gasteiger charge is -2.26. The molecule has 27 heavy (non-hydrogen) atoms. The lowest BCUT2D eigenvalue weighted by Crippen LogP contribution is -2.43. The van der Waals surface area contributed by atoms with E-state index in [1.165, 1.54) is 11.1 Å². The van der Waals surface area contributed by atoms with Gasteiger partial charge in [-0.2, -0.15) is 0 Å². The molecule has 1 atom stereocenters. The van der Waals surface area contributed by atoms with Crippen molar-refractivity contribution in [1.82, 2.24) is 15.3 Å². The van der Waals surface area contributed by atoms with Gasteiger partial charge in [-0.15, -0.1) is 0 Å². The summed E-state index contributed by atoms with van der Waals surface area (Å²) in [4.78, 5) is 23.9. The molecule has 1 aromatic heterocycles. The maximum atomic E-state index is 12.9. The summed E-state index contributed by atoms with van der Waals surface area (Å²) in [6, 6.07) is 16.1. The van der Waals surface area contributed by atoms with Crippen molar-refractivity contribution in [2.75, 3.05) is 11.4 Å². The smallest absolute Gasteiger partial charge is 0.243 e. The second-order valence-corrected chi connectivity index (χ2v) is 6.91. The van der Waals surface area contributed by atoms with Crippen molar-refractivity contribution in [2.45, 2.75) is 38.8 Å². The van der Waals surface area contributed by atoms with Crippen LogP contribution in [0.1, 0.15) is 30.9 Å². The first kappa shape index (κ1) is 17.5. The van der Waals surface area contributed by atoms with Crippen LogP contribution in [0.5, 0.6) is 0 Å². The van der Waals surface area contributed by atoms with Gasteiger partial charge in [-0.1, -0.05) is 43.3 Å². The van der Waals surface area contributed by atoms with Crippen LogP contribution in [-0.4, -0.2) is 28.5 Å². The lowest BCUT2D eigenvalue weighted by molar-refractivity contribution is -0.122. The highest BCUT2D eigenvalue weighted by Crippen LogP contribution is 2.29. The summed E-state index contributed by atoms with van der Waals surface area (Å²) in [7, 11) is 0. The summed E-state index contributed by atoms with van der Waals surface area (Å²) in [5, 5.41) is 4.14. The highest BCUT2D eigenvalue weighted by atomic mass is 16.2. The average molecular weight is 360 g/mol. The fourth-order valence-electron chi connectivity index (χ4n) is 3.89. The molecule has 1 amide bonds. The Morgan fingerprint density at radius 2 is 1.89 bits per heavy atom. The number of aryl methyl sites for hydroxylation is 1. The van der Waals surface area contributed by atoms with Crippen molar-refractivity contribution >= 4 is 22.6 Å². The minimum absolute atomic E-state index is 0.0705. The van der Waals surface area contributed by atoms with Crippen molar-refractivity contribution in [3.8, 4) is 0 Å². The predicted octanol–water partition coefficient (Wildman–Crippen LogP) is 3.48. The van der Waals surface area contributed by atoms with Crippen LogP contribution < -0.4 is 10.2 Å². The molecule has 0 radical (unpaired) electrons. The van der Waals surface area contributed by atoms with E-state index < -0.39 is 0 Å². The minimum atomic E-state index is -0.183. The van der Waals surface area contributed by atoms with E-state index in [2.05, 4.69) is 39.2 Å². The van der Waals surface area contributed by atoms with E-state index in [4.69, 9.17) is 0 Å². The van der Waals surface area contributed by atoms with E-state index in [9.17, 15) is 4.79 Å². The van der Waals surface area contributed by atoms with Crippen molar-refractivity contribution in [1.29, 1.82) is 0 Å². The van der Waals surface area contributed by atoms with E-state index in [0.717, 1.165) is 42.5 Å². The van der Waals surface area contributed by atoms with E-state index >= 15 is 0 Å². The van der Waals surface area contributed by atoms with Gasteiger partial charge in [0, 0.05) is 18.5 Å². The van der Waals surface area contributed by atoms with Gasteiger partial charge in [0.1, 0.15) is 18.2 Å². The van der Waals surface area contributed by atoms with E-state index in [0.29, 0.717) is 6.54 Å². The first-order valence-electron chi connectivity index (χ1n) is 9.59. The normalized spacial score (nSPS) is 16.6. The molecule has 2 heterocycles. The van der Waals surface area contributed by atoms with Gasteiger partial charge in [-0.25, -0.2) is 9.97 Å². The van der Waals surface area contributed by atoms with Gasteiger partial charge < -0.3 is 10.2 Å². The number of hydrogen-bond donors (Lipinski definition) is 1. The first-order valence-corrected chi connectivity index (χ1v) is 9.59. The largest absolute Gasteiger partial charge is 0.350 e. The van der Waals surface area contributed by atoms with Gasteiger partial charge >= 0.3 is 0 Å². The highest BCUT2D eigenvalue weighted by Gasteiger charge is 2.32. The minimum Gasteiger partial charge on any atom is -0.350 e. The molecule has 1 N–H and O–H groups in total. The van der Waals surface area contributed by atoms with Crippen LogP contribution in [-0.2, 0) is 17.8 Å². The quantitative estimate of drug-likeness (QED) is 0.757. The van der Waals surface area contributed by atoms with Crippen molar-refractivity contribution < 1.29 is 4.79 Å². The monoisotopic (exact) mass is 360 g/mol. The standard InChI is InChI=1S/C22H24N4O/c1-2-16-8-3-4-9-17(16)14-23-22(27)20-12-7-13-26(20)21-18-10-5-6-11-19(18)24-15-25-21/h3-6,8-11,15,20H,2,7,12-14H2,1H3,(H,23,27). The molecule has 0 aliphatic carbocycles. The maximum Gasteiger partial charge on any atom is 0.243 e. The summed E-state index contributed by atoms with van der Waals surface area (Å²) >= 11 is 0. The molecule has 0 saturated carbocycles. The van der Waals surface area contributed by atoms with Gasteiger partial charge in [0.25, 0.3) is 0 Å². The Morgan fingerprint density at radius 1 is 1.11 bits per heavy atom. The zero-order chi connectivity index (χ0) is 18.6. The number of nitrogens with zero attached hydrogens (tertiary/aromatic N) is 3. The molecule has 5 nitrogen and oxygen atoms in total. The van der Waals surface area contributed by atoms with Crippen LogP contribution >= 0.6 is 0 Å². The van der Waals surface area contributed by atoms with Crippen LogP contribution in [0.3, 0.4) is 0 Å². The number of nitrogens with one attached hydrogen (secondary N) is 1. The third kappa shape index (κ3) is 3.50. The molecule has 0 spiro atoms. The third-order valence-corrected chi connectivity index (χ3v) is 5.30. The third-order valence-electron chi connectivity index (χ3n) is 5.30. The SMILES string of the molecule is CCc1ccccc1CNC(=O)C1CCCN1c1ncnc2ccccc12. The molecular weight excluding hydrogens is 336 g/mol. The number of rotatable bonds is 5. The van der Waals surface area contributed by atoms with E-state index in [1.807, 2.05) is 36.4 Å². The molecular formula is C22H24N4O. The molecule has 5 heteroatoms. The van der Waals surface area contributed by atoms with Crippen molar-refractivity contribution in [3.63, 3.8) is 0 Å². The number of aromatic nitrogens is 2. The Kier molecular flexibility index (Phi) is 5.01. The number of para-hydroxylation sites is 1. The second kappa shape index (κ2) is 7.74. The number of carbonyl (C=O) groups is 1. The molecule has 2 aromatic carbocycles. The Hall–Kier alpha value is -2.95. The number of fused-ring (bicyclic) bond motifs is 1. The molecule has 1 saturated heterocycles. The van der Waals surface area contributed by atoms with Gasteiger partial charge in [0.15, 0.2) is 0 Å². The van der Waals surface area contributed by atoms with Gasteiger partial charge in [-0.05, 0) is 42.5 Å². The summed E-state index contributed by atoms with van der Waals surface area (Å²) in [6.07, 6.45) is 4.39. The van der Waals surface area contributed by atoms with Crippen LogP contribution in [0.4, 0.5) is 5.82 Å². The lowest BCUT2D eigenvalue weighted by atomic mass is 10.1. The van der Waals surface area contributed by atoms with Crippen LogP contribution in [0.25, 0.3) is 10.9 Å². The van der Waals surface area contributed by atoms with Gasteiger partial charge in [0.05, 0.1) is 5.52 Å². The van der Waals surface area contributed by atoms with Crippen LogP contribution in [0, 0.1) is 0 Å². The summed E-state index contributed by atoms with van der Waals surface area (Å²) in [5.41, 5.74) is 3.37. The topological polar surface area (TPSA) is 58.1 Å². The number of benzene rings is 2. The van der Waals surface area contributed by atoms with Gasteiger partial charge in [-0.3, -0.25) is 4.79 Å². The Balaban J connectivity index is 1.53. The Bertz CT molecular complexity index is 950. The summed E-state index contributed by atoms with van der Waals surface area (Å²) in [6.45, 7) is 3.54. The molecule has 4 rings (SSSR count). The fourth-order valence-corrected chi connectivity index (χ4v) is 3.89. The Morgan fingerprint density at radius 3 is 2.74 bits per heavy atom. The van der Waals surface area contributed by atoms with Gasteiger partial charge in [0.2, 0.25) is 5.91 Å². The zero-order valence-corrected chi connectivity index (χ0v) is 15.6. The van der Waals surface area contributed by atoms with Crippen molar-refractivity contribution in [3.05, 3.63) is 66.0 Å². The average Bonchev–Trinajstić information content (AvgIpc) is 3.21.